The molecule has 12 heteroatoms. The van der Waals surface area contributed by atoms with E-state index in [4.69, 9.17) is 18.9 Å². The SMILES string of the molecule is CNc1ncnc2c1ncn2[C@@H]1O[C@H]2[C@@H](OC(=O)[C@H]2OC(C)=O)[C@@H]1OC(C)=O. The molecule has 5 atom stereocenters. The van der Waals surface area contributed by atoms with Crippen molar-refractivity contribution >= 4 is 34.9 Å². The third-order valence-corrected chi connectivity index (χ3v) is 4.47. The van der Waals surface area contributed by atoms with Crippen LogP contribution in [-0.2, 0) is 33.3 Å². The topological polar surface area (TPSA) is 144 Å². The summed E-state index contributed by atoms with van der Waals surface area (Å²) in [5.74, 6) is -1.48. The van der Waals surface area contributed by atoms with E-state index in [0.29, 0.717) is 17.0 Å². The summed E-state index contributed by atoms with van der Waals surface area (Å²) in [6.45, 7) is 2.41. The third kappa shape index (κ3) is 2.81. The maximum Gasteiger partial charge on any atom is 0.350 e. The lowest BCUT2D eigenvalue weighted by molar-refractivity contribution is -0.174. The number of hydrogen-bond acceptors (Lipinski definition) is 11. The minimum Gasteiger partial charge on any atom is -0.454 e. The van der Waals surface area contributed by atoms with Crippen molar-refractivity contribution in [2.75, 3.05) is 12.4 Å². The fraction of sp³-hybridized carbons (Fsp3) is 0.500. The predicted molar refractivity (Wildman–Crippen MR) is 89.8 cm³/mol. The molecule has 148 valence electrons. The summed E-state index contributed by atoms with van der Waals surface area (Å²) in [5.41, 5.74) is 0.914. The van der Waals surface area contributed by atoms with E-state index in [1.807, 2.05) is 0 Å². The summed E-state index contributed by atoms with van der Waals surface area (Å²) >= 11 is 0. The van der Waals surface area contributed by atoms with E-state index in [-0.39, 0.29) is 0 Å². The highest BCUT2D eigenvalue weighted by molar-refractivity contribution is 5.83. The maximum absolute atomic E-state index is 12.1. The molecule has 2 aliphatic rings. The van der Waals surface area contributed by atoms with Crippen molar-refractivity contribution in [3.63, 3.8) is 0 Å². The van der Waals surface area contributed by atoms with Gasteiger partial charge in [0.05, 0.1) is 6.33 Å². The molecule has 2 aromatic heterocycles. The number of carbonyl (C=O) groups is 3. The van der Waals surface area contributed by atoms with Gasteiger partial charge in [0.1, 0.15) is 17.9 Å². The maximum atomic E-state index is 12.1. The molecular weight excluding hydrogens is 374 g/mol. The Morgan fingerprint density at radius 3 is 2.57 bits per heavy atom. The number of nitrogens with one attached hydrogen (secondary N) is 1. The van der Waals surface area contributed by atoms with E-state index in [2.05, 4.69) is 20.3 Å². The molecular formula is C16H17N5O7. The van der Waals surface area contributed by atoms with Crippen LogP contribution < -0.4 is 5.32 Å². The zero-order valence-corrected chi connectivity index (χ0v) is 15.2. The lowest BCUT2D eigenvalue weighted by atomic mass is 10.1. The summed E-state index contributed by atoms with van der Waals surface area (Å²) in [6, 6.07) is 0. The van der Waals surface area contributed by atoms with Crippen molar-refractivity contribution in [2.45, 2.75) is 44.5 Å². The monoisotopic (exact) mass is 391 g/mol. The number of rotatable bonds is 4. The smallest absolute Gasteiger partial charge is 0.350 e. The second kappa shape index (κ2) is 6.71. The number of esters is 3. The van der Waals surface area contributed by atoms with Gasteiger partial charge >= 0.3 is 17.9 Å². The summed E-state index contributed by atoms with van der Waals surface area (Å²) < 4.78 is 23.2. The third-order valence-electron chi connectivity index (χ3n) is 4.47. The van der Waals surface area contributed by atoms with E-state index in [1.165, 1.54) is 26.5 Å². The fourth-order valence-corrected chi connectivity index (χ4v) is 3.43. The van der Waals surface area contributed by atoms with Crippen LogP contribution >= 0.6 is 0 Å². The standard InChI is InChI=1S/C16H17N5O7/c1-6(22)25-11-9-10(12(16(24)28-9)26-7(2)23)27-15(11)21-5-20-8-13(17-3)18-4-19-14(8)21/h4-5,9-12,15H,1-3H3,(H,17,18,19)/t9-,10+,11+,12+,15-/m1/s1. The van der Waals surface area contributed by atoms with Gasteiger partial charge in [0.15, 0.2) is 29.9 Å². The first-order chi connectivity index (χ1) is 13.4. The van der Waals surface area contributed by atoms with Crippen LogP contribution in [0.15, 0.2) is 12.7 Å². The van der Waals surface area contributed by atoms with Crippen molar-refractivity contribution in [2.24, 2.45) is 0 Å². The fourth-order valence-electron chi connectivity index (χ4n) is 3.43. The molecule has 0 bridgehead atoms. The molecule has 0 spiro atoms. The summed E-state index contributed by atoms with van der Waals surface area (Å²) in [7, 11) is 1.70. The number of fused-ring (bicyclic) bond motifs is 2. The van der Waals surface area contributed by atoms with Gasteiger partial charge in [-0.05, 0) is 0 Å². The van der Waals surface area contributed by atoms with Crippen LogP contribution in [0.25, 0.3) is 11.2 Å². The van der Waals surface area contributed by atoms with Crippen LogP contribution in [0.5, 0.6) is 0 Å². The molecule has 0 radical (unpaired) electrons. The second-order valence-electron chi connectivity index (χ2n) is 6.29. The van der Waals surface area contributed by atoms with E-state index in [9.17, 15) is 14.4 Å². The number of ether oxygens (including phenoxy) is 4. The van der Waals surface area contributed by atoms with Crippen molar-refractivity contribution < 1.29 is 33.3 Å². The van der Waals surface area contributed by atoms with Gasteiger partial charge in [0.2, 0.25) is 6.10 Å². The number of aromatic nitrogens is 4. The second-order valence-corrected chi connectivity index (χ2v) is 6.29. The zero-order chi connectivity index (χ0) is 20.0. The molecule has 4 heterocycles. The molecule has 0 aliphatic carbocycles. The Kier molecular flexibility index (Phi) is 4.34. The Labute approximate surface area is 158 Å². The van der Waals surface area contributed by atoms with Crippen LogP contribution in [0.1, 0.15) is 20.1 Å². The van der Waals surface area contributed by atoms with Gasteiger partial charge in [-0.1, -0.05) is 0 Å². The molecule has 0 unspecified atom stereocenters. The first kappa shape index (κ1) is 18.1. The van der Waals surface area contributed by atoms with Gasteiger partial charge < -0.3 is 24.3 Å². The van der Waals surface area contributed by atoms with E-state index in [1.54, 1.807) is 11.6 Å². The minimum absolute atomic E-state index is 0.428. The van der Waals surface area contributed by atoms with Gasteiger partial charge in [0, 0.05) is 20.9 Å². The van der Waals surface area contributed by atoms with Gasteiger partial charge in [-0.25, -0.2) is 19.7 Å². The summed E-state index contributed by atoms with van der Waals surface area (Å²) in [5, 5.41) is 2.91. The molecule has 0 aromatic carbocycles. The predicted octanol–water partition coefficient (Wildman–Crippen LogP) is -0.446. The van der Waals surface area contributed by atoms with Crippen LogP contribution in [0, 0.1) is 0 Å². The van der Waals surface area contributed by atoms with Gasteiger partial charge in [-0.3, -0.25) is 14.2 Å². The minimum atomic E-state index is -1.25. The molecule has 2 fully saturated rings. The van der Waals surface area contributed by atoms with Crippen LogP contribution in [-0.4, -0.2) is 68.9 Å². The quantitative estimate of drug-likeness (QED) is 0.534. The normalized spacial score (nSPS) is 28.7. The molecule has 28 heavy (non-hydrogen) atoms. The highest BCUT2D eigenvalue weighted by Crippen LogP contribution is 2.41. The number of imidazole rings is 1. The van der Waals surface area contributed by atoms with Gasteiger partial charge in [-0.15, -0.1) is 0 Å². The first-order valence-corrected chi connectivity index (χ1v) is 8.46. The Morgan fingerprint density at radius 1 is 1.14 bits per heavy atom. The number of anilines is 1. The molecule has 12 nitrogen and oxygen atoms in total. The Morgan fingerprint density at radius 2 is 1.89 bits per heavy atom. The number of hydrogen-bond donors (Lipinski definition) is 1. The molecule has 0 saturated carbocycles. The van der Waals surface area contributed by atoms with Crippen LogP contribution in [0.3, 0.4) is 0 Å². The Bertz CT molecular complexity index is 960. The highest BCUT2D eigenvalue weighted by Gasteiger charge is 2.61. The van der Waals surface area contributed by atoms with E-state index >= 15 is 0 Å². The number of carbonyl (C=O) groups excluding carboxylic acids is 3. The molecule has 2 saturated heterocycles. The average Bonchev–Trinajstić information content (AvgIpc) is 3.29. The highest BCUT2D eigenvalue weighted by atomic mass is 16.7. The molecule has 0 amide bonds. The van der Waals surface area contributed by atoms with Gasteiger partial charge in [-0.2, -0.15) is 0 Å². The van der Waals surface area contributed by atoms with Crippen molar-refractivity contribution in [1.82, 2.24) is 19.5 Å². The van der Waals surface area contributed by atoms with Crippen molar-refractivity contribution in [1.29, 1.82) is 0 Å². The van der Waals surface area contributed by atoms with Gasteiger partial charge in [0.25, 0.3) is 0 Å². The number of nitrogens with zero attached hydrogens (tertiary/aromatic N) is 4. The van der Waals surface area contributed by atoms with E-state index in [0.717, 1.165) is 0 Å². The largest absolute Gasteiger partial charge is 0.454 e. The van der Waals surface area contributed by atoms with Crippen LogP contribution in [0.2, 0.25) is 0 Å². The van der Waals surface area contributed by atoms with Crippen molar-refractivity contribution in [3.8, 4) is 0 Å². The lowest BCUT2D eigenvalue weighted by Gasteiger charge is -2.22. The average molecular weight is 391 g/mol. The van der Waals surface area contributed by atoms with Crippen molar-refractivity contribution in [3.05, 3.63) is 12.7 Å². The van der Waals surface area contributed by atoms with Crippen LogP contribution in [0.4, 0.5) is 5.82 Å². The summed E-state index contributed by atoms with van der Waals surface area (Å²) in [4.78, 5) is 47.7. The molecule has 1 N–H and O–H groups in total. The Balaban J connectivity index is 1.73. The Hall–Kier alpha value is -3.28. The zero-order valence-electron chi connectivity index (χ0n) is 15.2. The molecule has 4 rings (SSSR count). The molecule has 2 aliphatic heterocycles. The molecule has 2 aromatic rings. The first-order valence-electron chi connectivity index (χ1n) is 8.46. The summed E-state index contributed by atoms with van der Waals surface area (Å²) in [6.07, 6.45) is -2.17. The lowest BCUT2D eigenvalue weighted by Crippen LogP contribution is -2.36. The van der Waals surface area contributed by atoms with E-state index < -0.39 is 48.6 Å².